The molecular formula is C31H41N8O2P. The molecule has 0 unspecified atom stereocenters. The summed E-state index contributed by atoms with van der Waals surface area (Å²) in [7, 11) is 1.44. The zero-order chi connectivity index (χ0) is 29.3. The molecular weight excluding hydrogens is 547 g/mol. The molecule has 0 aliphatic carbocycles. The molecule has 3 N–H and O–H groups in total. The molecule has 2 saturated heterocycles. The number of hydrogen-bond donors (Lipinski definition) is 3. The second-order valence-corrected chi connectivity index (χ2v) is 14.9. The molecule has 0 spiro atoms. The van der Waals surface area contributed by atoms with E-state index in [9.17, 15) is 4.57 Å². The van der Waals surface area contributed by atoms with Gasteiger partial charge < -0.3 is 34.7 Å². The lowest BCUT2D eigenvalue weighted by Crippen LogP contribution is -2.52. The first kappa shape index (κ1) is 28.5. The van der Waals surface area contributed by atoms with E-state index in [2.05, 4.69) is 49.5 Å². The summed E-state index contributed by atoms with van der Waals surface area (Å²) in [6.45, 7) is 10.3. The van der Waals surface area contributed by atoms with Crippen LogP contribution in [0.25, 0.3) is 11.0 Å². The average molecular weight is 589 g/mol. The number of nitrogens with one attached hydrogen (secondary N) is 3. The third kappa shape index (κ3) is 6.11. The minimum absolute atomic E-state index is 0.448. The van der Waals surface area contributed by atoms with Gasteiger partial charge >= 0.3 is 0 Å². The summed E-state index contributed by atoms with van der Waals surface area (Å²) in [5.74, 6) is 1.91. The Morgan fingerprint density at radius 2 is 1.71 bits per heavy atom. The third-order valence-electron chi connectivity index (χ3n) is 8.45. The van der Waals surface area contributed by atoms with Crippen molar-refractivity contribution in [1.29, 1.82) is 0 Å². The van der Waals surface area contributed by atoms with Crippen LogP contribution in [0.4, 0.5) is 28.8 Å². The maximum atomic E-state index is 12.9. The Kier molecular flexibility index (Phi) is 8.12. The number of anilines is 5. The molecule has 0 bridgehead atoms. The Morgan fingerprint density at radius 3 is 2.45 bits per heavy atom. The monoisotopic (exact) mass is 588 g/mol. The standard InChI is InChI=1S/C31H41N8O2P/c1-37-17-19-38(20-18-37)23-12-15-39(16-13-23)26-10-9-22(21-27(26)41-2)33-31-35-29-24(11-14-32-29)30(36-31)34-25-7-5-6-8-28(25)42(3,4)40/h5-11,14,21,23H,12-13,15-20H2,1-4H3,(H3,32,33,34,35,36). The summed E-state index contributed by atoms with van der Waals surface area (Å²) >= 11 is 0. The number of para-hydroxylation sites is 1. The lowest BCUT2D eigenvalue weighted by Gasteiger charge is -2.42. The van der Waals surface area contributed by atoms with E-state index >= 15 is 0 Å². The largest absolute Gasteiger partial charge is 0.495 e. The first-order chi connectivity index (χ1) is 20.3. The van der Waals surface area contributed by atoms with E-state index in [4.69, 9.17) is 14.7 Å². The van der Waals surface area contributed by atoms with Gasteiger partial charge in [0, 0.05) is 68.6 Å². The number of hydrogen-bond acceptors (Lipinski definition) is 9. The molecule has 2 aromatic carbocycles. The van der Waals surface area contributed by atoms with Crippen molar-refractivity contribution in [3.05, 3.63) is 54.7 Å². The Bertz CT molecular complexity index is 1590. The van der Waals surface area contributed by atoms with E-state index < -0.39 is 7.14 Å². The van der Waals surface area contributed by atoms with Gasteiger partial charge in [0.05, 0.1) is 23.9 Å². The normalized spacial score (nSPS) is 17.5. The summed E-state index contributed by atoms with van der Waals surface area (Å²) in [4.78, 5) is 20.2. The molecule has 222 valence electrons. The van der Waals surface area contributed by atoms with E-state index in [0.29, 0.717) is 23.5 Å². The van der Waals surface area contributed by atoms with Crippen molar-refractivity contribution in [3.8, 4) is 5.75 Å². The average Bonchev–Trinajstić information content (AvgIpc) is 3.47. The lowest BCUT2D eigenvalue weighted by molar-refractivity contribution is 0.0981. The van der Waals surface area contributed by atoms with Crippen molar-refractivity contribution >= 4 is 52.3 Å². The maximum absolute atomic E-state index is 12.9. The molecule has 4 aromatic rings. The van der Waals surface area contributed by atoms with Gasteiger partial charge in [0.25, 0.3) is 0 Å². The molecule has 0 amide bonds. The number of fused-ring (bicyclic) bond motifs is 1. The molecule has 2 aliphatic heterocycles. The van der Waals surface area contributed by atoms with E-state index in [-0.39, 0.29) is 0 Å². The molecule has 2 fully saturated rings. The summed E-state index contributed by atoms with van der Waals surface area (Å²) in [5.41, 5.74) is 3.44. The Hall–Kier alpha value is -3.59. The van der Waals surface area contributed by atoms with Crippen LogP contribution in [0.2, 0.25) is 0 Å². The number of methoxy groups -OCH3 is 1. The number of piperidine rings is 1. The number of aromatic nitrogens is 3. The maximum Gasteiger partial charge on any atom is 0.231 e. The fraction of sp³-hybridized carbons (Fsp3) is 0.419. The van der Waals surface area contributed by atoms with Gasteiger partial charge in [-0.25, -0.2) is 0 Å². The highest BCUT2D eigenvalue weighted by Crippen LogP contribution is 2.39. The third-order valence-corrected chi connectivity index (χ3v) is 10.00. The van der Waals surface area contributed by atoms with Crippen molar-refractivity contribution in [2.24, 2.45) is 0 Å². The van der Waals surface area contributed by atoms with Gasteiger partial charge in [-0.05, 0) is 63.6 Å². The fourth-order valence-electron chi connectivity index (χ4n) is 6.07. The minimum atomic E-state index is -2.50. The van der Waals surface area contributed by atoms with Gasteiger partial charge in [-0.3, -0.25) is 4.90 Å². The van der Waals surface area contributed by atoms with Crippen molar-refractivity contribution in [2.75, 3.05) is 82.3 Å². The van der Waals surface area contributed by atoms with Crippen LogP contribution in [0.1, 0.15) is 12.8 Å². The Morgan fingerprint density at radius 1 is 0.952 bits per heavy atom. The van der Waals surface area contributed by atoms with Gasteiger partial charge in [-0.1, -0.05) is 12.1 Å². The number of rotatable bonds is 8. The zero-order valence-corrected chi connectivity index (χ0v) is 25.8. The topological polar surface area (TPSA) is 102 Å². The highest BCUT2D eigenvalue weighted by atomic mass is 31.2. The molecule has 2 aromatic heterocycles. The SMILES string of the molecule is COc1cc(Nc2nc(Nc3ccccc3P(C)(C)=O)c3cc[nH]c3n2)ccc1N1CCC(N2CCN(C)CC2)CC1. The van der Waals surface area contributed by atoms with Crippen LogP contribution in [0.3, 0.4) is 0 Å². The quantitative estimate of drug-likeness (QED) is 0.248. The number of benzene rings is 2. The smallest absolute Gasteiger partial charge is 0.231 e. The number of aromatic amines is 1. The summed E-state index contributed by atoms with van der Waals surface area (Å²) < 4.78 is 18.8. The molecule has 0 atom stereocenters. The van der Waals surface area contributed by atoms with Crippen LogP contribution < -0.4 is 25.6 Å². The van der Waals surface area contributed by atoms with Gasteiger partial charge in [0.2, 0.25) is 5.95 Å². The second-order valence-electron chi connectivity index (χ2n) is 11.7. The first-order valence-corrected chi connectivity index (χ1v) is 17.3. The van der Waals surface area contributed by atoms with Crippen LogP contribution in [-0.2, 0) is 4.57 Å². The van der Waals surface area contributed by atoms with E-state index in [1.54, 1.807) is 20.4 Å². The van der Waals surface area contributed by atoms with Crippen molar-refractivity contribution < 1.29 is 9.30 Å². The number of H-pyrrole nitrogens is 1. The first-order valence-electron chi connectivity index (χ1n) is 14.7. The Labute approximate surface area is 247 Å². The van der Waals surface area contributed by atoms with Crippen molar-refractivity contribution in [1.82, 2.24) is 24.8 Å². The van der Waals surface area contributed by atoms with Gasteiger partial charge in [0.15, 0.2) is 0 Å². The highest BCUT2D eigenvalue weighted by Gasteiger charge is 2.28. The number of likely N-dealkylation sites (N-methyl/N-ethyl adjacent to an activating group) is 1. The van der Waals surface area contributed by atoms with E-state index in [1.807, 2.05) is 42.6 Å². The minimum Gasteiger partial charge on any atom is -0.495 e. The Balaban J connectivity index is 1.19. The van der Waals surface area contributed by atoms with Crippen molar-refractivity contribution in [3.63, 3.8) is 0 Å². The summed E-state index contributed by atoms with van der Waals surface area (Å²) in [5, 5.41) is 8.43. The van der Waals surface area contributed by atoms with Crippen LogP contribution in [0.15, 0.2) is 54.7 Å². The van der Waals surface area contributed by atoms with Gasteiger partial charge in [-0.2, -0.15) is 9.97 Å². The molecule has 10 nitrogen and oxygen atoms in total. The van der Waals surface area contributed by atoms with Crippen LogP contribution in [-0.4, -0.2) is 97.5 Å². The van der Waals surface area contributed by atoms with E-state index in [0.717, 1.165) is 59.7 Å². The van der Waals surface area contributed by atoms with Crippen LogP contribution in [0, 0.1) is 0 Å². The summed E-state index contributed by atoms with van der Waals surface area (Å²) in [6, 6.07) is 16.5. The van der Waals surface area contributed by atoms with E-state index in [1.165, 1.54) is 25.9 Å². The van der Waals surface area contributed by atoms with Crippen LogP contribution in [0.5, 0.6) is 5.75 Å². The lowest BCUT2D eigenvalue weighted by atomic mass is 10.0. The molecule has 4 heterocycles. The number of piperazine rings is 1. The number of ether oxygens (including phenoxy) is 1. The molecule has 11 heteroatoms. The predicted molar refractivity (Wildman–Crippen MR) is 173 cm³/mol. The number of nitrogens with zero attached hydrogens (tertiary/aromatic N) is 5. The fourth-order valence-corrected chi connectivity index (χ4v) is 7.23. The van der Waals surface area contributed by atoms with Crippen molar-refractivity contribution in [2.45, 2.75) is 18.9 Å². The van der Waals surface area contributed by atoms with Gasteiger partial charge in [-0.15, -0.1) is 0 Å². The molecule has 6 rings (SSSR count). The highest BCUT2D eigenvalue weighted by molar-refractivity contribution is 7.70. The van der Waals surface area contributed by atoms with Gasteiger partial charge in [0.1, 0.15) is 24.4 Å². The predicted octanol–water partition coefficient (Wildman–Crippen LogP) is 4.92. The molecule has 2 aliphatic rings. The molecule has 0 radical (unpaired) electrons. The summed E-state index contributed by atoms with van der Waals surface area (Å²) in [6.07, 6.45) is 4.18. The molecule has 42 heavy (non-hydrogen) atoms. The van der Waals surface area contributed by atoms with Crippen LogP contribution >= 0.6 is 7.14 Å². The molecule has 0 saturated carbocycles. The zero-order valence-electron chi connectivity index (χ0n) is 24.9. The second kappa shape index (κ2) is 12.0.